The average molecular weight is 433 g/mol. The van der Waals surface area contributed by atoms with Crippen molar-refractivity contribution in [2.24, 2.45) is 0 Å². The fourth-order valence-corrected chi connectivity index (χ4v) is 1.89. The summed E-state index contributed by atoms with van der Waals surface area (Å²) in [5, 5.41) is 0. The molecule has 2 nitrogen and oxygen atoms in total. The molecule has 3 heteroatoms. The van der Waals surface area contributed by atoms with Crippen LogP contribution in [0.15, 0.2) is 0 Å². The minimum absolute atomic E-state index is 0. The first-order valence-electron chi connectivity index (χ1n) is 7.42. The van der Waals surface area contributed by atoms with Crippen LogP contribution in [0.4, 0.5) is 0 Å². The van der Waals surface area contributed by atoms with Gasteiger partial charge in [-0.05, 0) is 68.0 Å². The van der Waals surface area contributed by atoms with E-state index in [1.165, 1.54) is 0 Å². The standard InChI is InChI=1S/C16H23O2.W/c1-9(2)16(17)18-8-15-13(6)11(4)10(3)12(5)14(15)7;/h8H2,1-7H3;/q-1;/i4D,5D;. The summed E-state index contributed by atoms with van der Waals surface area (Å²) >= 11 is 0. The Morgan fingerprint density at radius 3 is 1.89 bits per heavy atom. The third kappa shape index (κ3) is 3.86. The Balaban J connectivity index is 0.00000400. The number of esters is 1. The molecule has 0 amide bonds. The first kappa shape index (κ1) is 14.7. The van der Waals surface area contributed by atoms with Crippen LogP contribution in [-0.2, 0) is 37.2 Å². The number of carbonyl (C=O) groups excluding carboxylic acids is 1. The molecule has 1 aromatic carbocycles. The second-order valence-corrected chi connectivity index (χ2v) is 4.89. The van der Waals surface area contributed by atoms with Crippen molar-refractivity contribution < 1.29 is 33.3 Å². The number of hydrogen-bond donors (Lipinski definition) is 0. The first-order chi connectivity index (χ1) is 9.34. The van der Waals surface area contributed by atoms with Crippen molar-refractivity contribution in [3.05, 3.63) is 39.3 Å². The molecule has 0 N–H and O–H groups in total. The molecule has 0 saturated carbocycles. The molecule has 1 rings (SSSR count). The van der Waals surface area contributed by atoms with Gasteiger partial charge in [-0.3, -0.25) is 10.7 Å². The molecule has 1 aromatic rings. The zero-order chi connectivity index (χ0) is 15.4. The zero-order valence-electron chi connectivity index (χ0n) is 14.3. The topological polar surface area (TPSA) is 26.3 Å². The SMILES string of the molecule is [2H]Cc1c(C)c(C[2H])c(C)c(COC(=O)[C-](C)C)c1C.[W]. The van der Waals surface area contributed by atoms with Gasteiger partial charge in [-0.1, -0.05) is 0 Å². The van der Waals surface area contributed by atoms with Gasteiger partial charge in [0.2, 0.25) is 0 Å². The maximum atomic E-state index is 11.6. The normalized spacial score (nSPS) is 11.2. The summed E-state index contributed by atoms with van der Waals surface area (Å²) < 4.78 is 20.6. The first-order valence-corrected chi connectivity index (χ1v) is 6.01. The van der Waals surface area contributed by atoms with Crippen LogP contribution < -0.4 is 0 Å². The van der Waals surface area contributed by atoms with Gasteiger partial charge in [0, 0.05) is 23.8 Å². The van der Waals surface area contributed by atoms with Gasteiger partial charge in [0.1, 0.15) is 6.61 Å². The van der Waals surface area contributed by atoms with E-state index in [2.05, 4.69) is 0 Å². The van der Waals surface area contributed by atoms with Crippen molar-refractivity contribution in [3.63, 3.8) is 0 Å². The van der Waals surface area contributed by atoms with E-state index in [0.717, 1.165) is 33.4 Å². The largest absolute Gasteiger partial charge is 0.483 e. The second-order valence-electron chi connectivity index (χ2n) is 4.89. The maximum Gasteiger partial charge on any atom is 0.169 e. The molecule has 0 fully saturated rings. The Morgan fingerprint density at radius 2 is 1.53 bits per heavy atom. The molecule has 0 bridgehead atoms. The third-order valence-corrected chi connectivity index (χ3v) is 3.47. The van der Waals surface area contributed by atoms with Crippen molar-refractivity contribution in [3.8, 4) is 0 Å². The monoisotopic (exact) mass is 433 g/mol. The number of rotatable bonds is 3. The van der Waals surface area contributed by atoms with Crippen LogP contribution in [0.1, 0.15) is 50.0 Å². The molecule has 19 heavy (non-hydrogen) atoms. The van der Waals surface area contributed by atoms with Gasteiger partial charge in [0.25, 0.3) is 0 Å². The van der Waals surface area contributed by atoms with E-state index in [9.17, 15) is 4.79 Å². The van der Waals surface area contributed by atoms with E-state index in [1.54, 1.807) is 13.8 Å². The van der Waals surface area contributed by atoms with Gasteiger partial charge >= 0.3 is 0 Å². The molecule has 0 aliphatic rings. The van der Waals surface area contributed by atoms with E-state index < -0.39 is 0 Å². The molecule has 0 heterocycles. The van der Waals surface area contributed by atoms with Crippen LogP contribution in [0.2, 0.25) is 0 Å². The Morgan fingerprint density at radius 1 is 1.05 bits per heavy atom. The van der Waals surface area contributed by atoms with Crippen LogP contribution in [0.5, 0.6) is 0 Å². The summed E-state index contributed by atoms with van der Waals surface area (Å²) in [7, 11) is 0. The number of hydrogen-bond acceptors (Lipinski definition) is 2. The van der Waals surface area contributed by atoms with Crippen LogP contribution in [0.3, 0.4) is 0 Å². The molecular weight excluding hydrogens is 408 g/mol. The fourth-order valence-electron chi connectivity index (χ4n) is 1.89. The molecular formula is C16H23O2W-. The van der Waals surface area contributed by atoms with E-state index in [-0.39, 0.29) is 47.4 Å². The minimum Gasteiger partial charge on any atom is -0.483 e. The molecule has 0 aliphatic carbocycles. The van der Waals surface area contributed by atoms with Gasteiger partial charge in [0.05, 0.1) is 0 Å². The average Bonchev–Trinajstić information content (AvgIpc) is 2.39. The van der Waals surface area contributed by atoms with Crippen molar-refractivity contribution >= 4 is 5.97 Å². The fraction of sp³-hybridized carbons (Fsp3) is 0.500. The van der Waals surface area contributed by atoms with Crippen molar-refractivity contribution in [2.45, 2.75) is 55.0 Å². The molecule has 0 atom stereocenters. The summed E-state index contributed by atoms with van der Waals surface area (Å²) in [6.07, 6.45) is 0. The predicted octanol–water partition coefficient (Wildman–Crippen LogP) is 3.88. The second kappa shape index (κ2) is 7.14. The molecule has 0 unspecified atom stereocenters. The van der Waals surface area contributed by atoms with Gasteiger partial charge in [-0.2, -0.15) is 13.8 Å². The van der Waals surface area contributed by atoms with Crippen LogP contribution in [-0.4, -0.2) is 5.97 Å². The van der Waals surface area contributed by atoms with Gasteiger partial charge in [0.15, 0.2) is 5.97 Å². The van der Waals surface area contributed by atoms with E-state index in [4.69, 9.17) is 7.48 Å². The Hall–Kier alpha value is -0.752. The molecule has 0 saturated heterocycles. The minimum atomic E-state index is -0.302. The van der Waals surface area contributed by atoms with Crippen LogP contribution in [0.25, 0.3) is 0 Å². The Labute approximate surface area is 134 Å². The van der Waals surface area contributed by atoms with Gasteiger partial charge < -0.3 is 4.74 Å². The van der Waals surface area contributed by atoms with Crippen LogP contribution in [0, 0.1) is 40.5 Å². The molecule has 0 radical (unpaired) electrons. The zero-order valence-corrected chi connectivity index (χ0v) is 15.3. The van der Waals surface area contributed by atoms with Crippen molar-refractivity contribution in [1.29, 1.82) is 0 Å². The Kier molecular flexibility index (Phi) is 5.51. The molecule has 0 aromatic heterocycles. The Bertz CT molecular complexity index is 482. The summed E-state index contributed by atoms with van der Waals surface area (Å²) in [5.74, 6) is 0.318. The number of benzene rings is 1. The maximum absolute atomic E-state index is 11.6. The van der Waals surface area contributed by atoms with Gasteiger partial charge in [-0.15, -0.1) is 0 Å². The van der Waals surface area contributed by atoms with E-state index in [1.807, 2.05) is 20.8 Å². The van der Waals surface area contributed by atoms with Crippen molar-refractivity contribution in [1.82, 2.24) is 0 Å². The molecule has 106 valence electrons. The predicted molar refractivity (Wildman–Crippen MR) is 74.5 cm³/mol. The molecule has 0 spiro atoms. The third-order valence-electron chi connectivity index (χ3n) is 3.47. The van der Waals surface area contributed by atoms with Crippen molar-refractivity contribution in [2.75, 3.05) is 0 Å². The van der Waals surface area contributed by atoms with E-state index in [0.29, 0.717) is 5.92 Å². The quantitative estimate of drug-likeness (QED) is 0.535. The smallest absolute Gasteiger partial charge is 0.169 e. The number of ether oxygens (including phenoxy) is 1. The summed E-state index contributed by atoms with van der Waals surface area (Å²) in [4.78, 5) is 11.6. The summed E-state index contributed by atoms with van der Waals surface area (Å²) in [6.45, 7) is 9.92. The molecule has 0 aliphatic heterocycles. The van der Waals surface area contributed by atoms with E-state index >= 15 is 0 Å². The summed E-state index contributed by atoms with van der Waals surface area (Å²) in [6, 6.07) is 0. The number of carbonyl (C=O) groups is 1. The van der Waals surface area contributed by atoms with Gasteiger partial charge in [-0.25, -0.2) is 0 Å². The van der Waals surface area contributed by atoms with Crippen LogP contribution >= 0.6 is 0 Å². The summed E-state index contributed by atoms with van der Waals surface area (Å²) in [5.41, 5.74) is 5.87.